The molecule has 0 aliphatic carbocycles. The van der Waals surface area contributed by atoms with Crippen LogP contribution in [0.1, 0.15) is 0 Å². The molecule has 0 bridgehead atoms. The zero-order valence-corrected chi connectivity index (χ0v) is 12.3. The molecule has 21 heavy (non-hydrogen) atoms. The molecule has 1 heterocycles. The van der Waals surface area contributed by atoms with Gasteiger partial charge in [-0.1, -0.05) is 0 Å². The normalized spacial score (nSPS) is 11.7. The third kappa shape index (κ3) is 2.70. The number of hydrogen-bond donors (Lipinski definition) is 2. The first kappa shape index (κ1) is 13.8. The number of fused-ring (bicyclic) bond motifs is 1. The summed E-state index contributed by atoms with van der Waals surface area (Å²) in [5.41, 5.74) is 5.98. The predicted molar refractivity (Wildman–Crippen MR) is 83.4 cm³/mol. The largest absolute Gasteiger partial charge is 0.399 e. The summed E-state index contributed by atoms with van der Waals surface area (Å²) in [6.07, 6.45) is 0. The molecule has 0 unspecified atom stereocenters. The Bertz CT molecular complexity index is 920. The van der Waals surface area contributed by atoms with E-state index in [0.29, 0.717) is 5.69 Å². The smallest absolute Gasteiger partial charge is 0.264 e. The maximum Gasteiger partial charge on any atom is 0.264 e. The van der Waals surface area contributed by atoms with Gasteiger partial charge >= 0.3 is 0 Å². The summed E-state index contributed by atoms with van der Waals surface area (Å²) < 4.78 is 41.6. The molecule has 3 aromatic rings. The topological polar surface area (TPSA) is 72.2 Å². The standard InChI is InChI=1S/C14H11FN2O2S2/c15-12-8-10(16)1-4-14(12)21(18,19)17-11-2-3-13-9(7-11)5-6-20-13/h1-8,17H,16H2. The Kier molecular flexibility index (Phi) is 3.30. The van der Waals surface area contributed by atoms with Crippen molar-refractivity contribution in [3.63, 3.8) is 0 Å². The van der Waals surface area contributed by atoms with Gasteiger partial charge in [0.05, 0.1) is 0 Å². The van der Waals surface area contributed by atoms with Gasteiger partial charge < -0.3 is 5.73 Å². The molecule has 1 aromatic heterocycles. The van der Waals surface area contributed by atoms with E-state index in [1.807, 2.05) is 17.5 Å². The highest BCUT2D eigenvalue weighted by Gasteiger charge is 2.19. The zero-order chi connectivity index (χ0) is 15.0. The molecule has 0 saturated carbocycles. The van der Waals surface area contributed by atoms with Crippen LogP contribution in [0.3, 0.4) is 0 Å². The van der Waals surface area contributed by atoms with Crippen LogP contribution in [0.25, 0.3) is 10.1 Å². The van der Waals surface area contributed by atoms with Crippen LogP contribution in [0.5, 0.6) is 0 Å². The van der Waals surface area contributed by atoms with E-state index < -0.39 is 20.7 Å². The molecule has 0 fully saturated rings. The van der Waals surface area contributed by atoms with Gasteiger partial charge in [0.2, 0.25) is 0 Å². The monoisotopic (exact) mass is 322 g/mol. The first-order valence-corrected chi connectivity index (χ1v) is 8.37. The van der Waals surface area contributed by atoms with Crippen molar-refractivity contribution in [2.45, 2.75) is 4.90 Å². The summed E-state index contributed by atoms with van der Waals surface area (Å²) in [5, 5.41) is 2.85. The quantitative estimate of drug-likeness (QED) is 0.726. The van der Waals surface area contributed by atoms with Crippen molar-refractivity contribution in [2.24, 2.45) is 0 Å². The molecule has 0 atom stereocenters. The van der Waals surface area contributed by atoms with E-state index in [-0.39, 0.29) is 5.69 Å². The lowest BCUT2D eigenvalue weighted by Gasteiger charge is -2.09. The van der Waals surface area contributed by atoms with Gasteiger partial charge in [-0.15, -0.1) is 11.3 Å². The number of halogens is 1. The molecule has 0 saturated heterocycles. The molecule has 0 aliphatic heterocycles. The van der Waals surface area contributed by atoms with Crippen LogP contribution in [-0.4, -0.2) is 8.42 Å². The third-order valence-electron chi connectivity index (χ3n) is 2.95. The van der Waals surface area contributed by atoms with E-state index in [1.54, 1.807) is 23.5 Å². The summed E-state index contributed by atoms with van der Waals surface area (Å²) in [5.74, 6) is -0.876. The van der Waals surface area contributed by atoms with E-state index in [2.05, 4.69) is 4.72 Å². The Balaban J connectivity index is 1.98. The van der Waals surface area contributed by atoms with Crippen molar-refractivity contribution < 1.29 is 12.8 Å². The average Bonchev–Trinajstić information content (AvgIpc) is 2.85. The summed E-state index contributed by atoms with van der Waals surface area (Å²) in [6, 6.07) is 10.5. The molecule has 3 N–H and O–H groups in total. The van der Waals surface area contributed by atoms with Crippen molar-refractivity contribution in [1.82, 2.24) is 0 Å². The number of thiophene rings is 1. The van der Waals surface area contributed by atoms with Crippen LogP contribution in [-0.2, 0) is 10.0 Å². The SMILES string of the molecule is Nc1ccc(S(=O)(=O)Nc2ccc3sccc3c2)c(F)c1. The Morgan fingerprint density at radius 3 is 2.67 bits per heavy atom. The van der Waals surface area contributed by atoms with E-state index in [4.69, 9.17) is 5.73 Å². The van der Waals surface area contributed by atoms with E-state index in [0.717, 1.165) is 22.2 Å². The maximum absolute atomic E-state index is 13.8. The van der Waals surface area contributed by atoms with Gasteiger partial charge in [0.25, 0.3) is 10.0 Å². The van der Waals surface area contributed by atoms with Crippen molar-refractivity contribution in [3.8, 4) is 0 Å². The van der Waals surface area contributed by atoms with Gasteiger partial charge in [-0.2, -0.15) is 0 Å². The Labute approximate surface area is 125 Å². The van der Waals surface area contributed by atoms with Gasteiger partial charge in [0.15, 0.2) is 0 Å². The molecule has 0 spiro atoms. The van der Waals surface area contributed by atoms with Crippen LogP contribution in [0.15, 0.2) is 52.7 Å². The van der Waals surface area contributed by atoms with Crippen LogP contribution in [0.2, 0.25) is 0 Å². The molecule has 7 heteroatoms. The molecular formula is C14H11FN2O2S2. The molecule has 108 valence electrons. The van der Waals surface area contributed by atoms with Crippen LogP contribution in [0.4, 0.5) is 15.8 Å². The number of hydrogen-bond acceptors (Lipinski definition) is 4. The van der Waals surface area contributed by atoms with Gasteiger partial charge in [-0.3, -0.25) is 4.72 Å². The van der Waals surface area contributed by atoms with Crippen LogP contribution in [0, 0.1) is 5.82 Å². The molecular weight excluding hydrogens is 311 g/mol. The number of anilines is 2. The lowest BCUT2D eigenvalue weighted by molar-refractivity contribution is 0.571. The van der Waals surface area contributed by atoms with Gasteiger partial charge in [-0.25, -0.2) is 12.8 Å². The minimum Gasteiger partial charge on any atom is -0.399 e. The summed E-state index contributed by atoms with van der Waals surface area (Å²) >= 11 is 1.56. The van der Waals surface area contributed by atoms with Crippen molar-refractivity contribution in [2.75, 3.05) is 10.5 Å². The first-order valence-electron chi connectivity index (χ1n) is 6.01. The number of nitrogen functional groups attached to an aromatic ring is 1. The number of nitrogens with two attached hydrogens (primary N) is 1. The minimum atomic E-state index is -3.99. The second-order valence-corrected chi connectivity index (χ2v) is 7.07. The second-order valence-electron chi connectivity index (χ2n) is 4.47. The maximum atomic E-state index is 13.8. The van der Waals surface area contributed by atoms with Crippen LogP contribution >= 0.6 is 11.3 Å². The third-order valence-corrected chi connectivity index (χ3v) is 5.26. The summed E-state index contributed by atoms with van der Waals surface area (Å²) in [4.78, 5) is -0.429. The fourth-order valence-electron chi connectivity index (χ4n) is 1.98. The lowest BCUT2D eigenvalue weighted by Crippen LogP contribution is -2.14. The molecule has 0 aliphatic rings. The molecule has 3 rings (SSSR count). The number of rotatable bonds is 3. The fraction of sp³-hybridized carbons (Fsp3) is 0. The number of sulfonamides is 1. The molecule has 0 amide bonds. The fourth-order valence-corrected chi connectivity index (χ4v) is 3.86. The van der Waals surface area contributed by atoms with Gasteiger partial charge in [0.1, 0.15) is 10.7 Å². The van der Waals surface area contributed by atoms with Crippen molar-refractivity contribution >= 4 is 42.8 Å². The Morgan fingerprint density at radius 2 is 1.90 bits per heavy atom. The molecule has 0 radical (unpaired) electrons. The zero-order valence-electron chi connectivity index (χ0n) is 10.7. The Morgan fingerprint density at radius 1 is 1.10 bits per heavy atom. The van der Waals surface area contributed by atoms with Crippen molar-refractivity contribution in [1.29, 1.82) is 0 Å². The first-order chi connectivity index (χ1) is 9.95. The average molecular weight is 322 g/mol. The van der Waals surface area contributed by atoms with Gasteiger partial charge in [0, 0.05) is 16.1 Å². The highest BCUT2D eigenvalue weighted by atomic mass is 32.2. The van der Waals surface area contributed by atoms with E-state index in [1.165, 1.54) is 6.07 Å². The highest BCUT2D eigenvalue weighted by molar-refractivity contribution is 7.92. The van der Waals surface area contributed by atoms with E-state index in [9.17, 15) is 12.8 Å². The highest BCUT2D eigenvalue weighted by Crippen LogP contribution is 2.26. The lowest BCUT2D eigenvalue weighted by atomic mass is 10.2. The summed E-state index contributed by atoms with van der Waals surface area (Å²) in [7, 11) is -3.99. The predicted octanol–water partition coefficient (Wildman–Crippen LogP) is 3.42. The van der Waals surface area contributed by atoms with Gasteiger partial charge in [-0.05, 0) is 53.2 Å². The number of nitrogens with one attached hydrogen (secondary N) is 1. The minimum absolute atomic E-state index is 0.172. The van der Waals surface area contributed by atoms with E-state index >= 15 is 0 Å². The summed E-state index contributed by atoms with van der Waals surface area (Å²) in [6.45, 7) is 0. The molecule has 2 aromatic carbocycles. The van der Waals surface area contributed by atoms with Crippen LogP contribution < -0.4 is 10.5 Å². The number of benzene rings is 2. The Hall–Kier alpha value is -2.12. The molecule has 4 nitrogen and oxygen atoms in total. The second kappa shape index (κ2) is 5.01. The van der Waals surface area contributed by atoms with Crippen molar-refractivity contribution in [3.05, 3.63) is 53.7 Å².